The Morgan fingerprint density at radius 3 is 2.72 bits per heavy atom. The fourth-order valence-corrected chi connectivity index (χ4v) is 2.86. The Morgan fingerprint density at radius 2 is 2.17 bits per heavy atom. The molecule has 0 spiro atoms. The number of sulfonamides is 1. The summed E-state index contributed by atoms with van der Waals surface area (Å²) in [7, 11) is -2.06. The molecule has 0 aliphatic carbocycles. The molecule has 0 fully saturated rings. The van der Waals surface area contributed by atoms with Crippen LogP contribution in [0, 0.1) is 0 Å². The first-order chi connectivity index (χ1) is 8.38. The predicted molar refractivity (Wildman–Crippen MR) is 70.4 cm³/mol. The predicted octanol–water partition coefficient (Wildman–Crippen LogP) is 0.961. The van der Waals surface area contributed by atoms with Gasteiger partial charge in [0.25, 0.3) is 10.0 Å². The van der Waals surface area contributed by atoms with Crippen LogP contribution in [0.15, 0.2) is 34.0 Å². The van der Waals surface area contributed by atoms with Crippen LogP contribution in [0.5, 0.6) is 0 Å². The number of aromatic nitrogens is 3. The topological polar surface area (TPSA) is 103 Å². The van der Waals surface area contributed by atoms with Crippen molar-refractivity contribution in [2.45, 2.75) is 4.90 Å². The second-order valence-corrected chi connectivity index (χ2v) is 6.09. The van der Waals surface area contributed by atoms with Crippen LogP contribution < -0.4 is 10.5 Å². The molecule has 0 amide bonds. The zero-order valence-corrected chi connectivity index (χ0v) is 11.7. The number of hydrogen-bond donors (Lipinski definition) is 2. The van der Waals surface area contributed by atoms with Crippen molar-refractivity contribution in [1.82, 2.24) is 14.8 Å². The highest BCUT2D eigenvalue weighted by atomic mass is 79.9. The zero-order chi connectivity index (χ0) is 13.3. The van der Waals surface area contributed by atoms with E-state index in [1.54, 1.807) is 13.1 Å². The van der Waals surface area contributed by atoms with Gasteiger partial charge < -0.3 is 5.73 Å². The Labute approximate surface area is 112 Å². The minimum atomic E-state index is -3.69. The number of halogens is 1. The molecule has 0 atom stereocenters. The zero-order valence-electron chi connectivity index (χ0n) is 9.33. The summed E-state index contributed by atoms with van der Waals surface area (Å²) in [6, 6.07) is 1.56. The lowest BCUT2D eigenvalue weighted by Gasteiger charge is -2.07. The summed E-state index contributed by atoms with van der Waals surface area (Å²) in [6.45, 7) is 0. The largest absolute Gasteiger partial charge is 0.397 e. The Morgan fingerprint density at radius 1 is 1.44 bits per heavy atom. The van der Waals surface area contributed by atoms with Crippen LogP contribution in [0.25, 0.3) is 0 Å². The molecule has 7 nitrogen and oxygen atoms in total. The molecule has 9 heteroatoms. The molecule has 0 saturated heterocycles. The van der Waals surface area contributed by atoms with Crippen LogP contribution in [0.3, 0.4) is 0 Å². The summed E-state index contributed by atoms with van der Waals surface area (Å²) >= 11 is 3.19. The quantitative estimate of drug-likeness (QED) is 0.871. The van der Waals surface area contributed by atoms with Gasteiger partial charge in [0.15, 0.2) is 5.82 Å². The summed E-state index contributed by atoms with van der Waals surface area (Å²) in [5, 5.41) is 3.81. The second kappa shape index (κ2) is 4.58. The SMILES string of the molecule is Cn1cc(S(=O)(=O)Nc2ncc(N)cc2Br)cn1. The first-order valence-corrected chi connectivity index (χ1v) is 7.08. The monoisotopic (exact) mass is 331 g/mol. The third-order valence-electron chi connectivity index (χ3n) is 2.08. The molecule has 0 aromatic carbocycles. The van der Waals surface area contributed by atoms with Gasteiger partial charge in [0, 0.05) is 13.2 Å². The lowest BCUT2D eigenvalue weighted by Crippen LogP contribution is -2.14. The third-order valence-corrected chi connectivity index (χ3v) is 3.98. The Balaban J connectivity index is 2.33. The van der Waals surface area contributed by atoms with E-state index >= 15 is 0 Å². The number of anilines is 2. The minimum Gasteiger partial charge on any atom is -0.397 e. The molecule has 2 aromatic rings. The van der Waals surface area contributed by atoms with Gasteiger partial charge in [0.1, 0.15) is 4.90 Å². The molecule has 96 valence electrons. The van der Waals surface area contributed by atoms with Gasteiger partial charge in [-0.25, -0.2) is 13.4 Å². The van der Waals surface area contributed by atoms with Crippen LogP contribution in [0.2, 0.25) is 0 Å². The van der Waals surface area contributed by atoms with Crippen molar-refractivity contribution in [3.05, 3.63) is 29.1 Å². The normalized spacial score (nSPS) is 11.4. The van der Waals surface area contributed by atoms with Gasteiger partial charge in [-0.05, 0) is 22.0 Å². The average Bonchev–Trinajstić information content (AvgIpc) is 2.70. The summed E-state index contributed by atoms with van der Waals surface area (Å²) in [6.07, 6.45) is 4.02. The van der Waals surface area contributed by atoms with Gasteiger partial charge >= 0.3 is 0 Å². The number of pyridine rings is 1. The third kappa shape index (κ3) is 2.62. The molecule has 3 N–H and O–H groups in total. The van der Waals surface area contributed by atoms with Crippen LogP contribution >= 0.6 is 15.9 Å². The molecule has 2 aromatic heterocycles. The number of nitrogens with two attached hydrogens (primary N) is 1. The van der Waals surface area contributed by atoms with Gasteiger partial charge in [-0.2, -0.15) is 5.10 Å². The molecular weight excluding hydrogens is 322 g/mol. The van der Waals surface area contributed by atoms with Crippen molar-refractivity contribution < 1.29 is 8.42 Å². The minimum absolute atomic E-state index is 0.0653. The maximum atomic E-state index is 12.0. The van der Waals surface area contributed by atoms with E-state index in [1.165, 1.54) is 23.3 Å². The van der Waals surface area contributed by atoms with Crippen LogP contribution in [-0.4, -0.2) is 23.2 Å². The average molecular weight is 332 g/mol. The van der Waals surface area contributed by atoms with Crippen LogP contribution in [0.1, 0.15) is 0 Å². The van der Waals surface area contributed by atoms with Crippen molar-refractivity contribution in [2.24, 2.45) is 7.05 Å². The van der Waals surface area contributed by atoms with Gasteiger partial charge in [-0.15, -0.1) is 0 Å². The molecule has 0 aliphatic heterocycles. The second-order valence-electron chi connectivity index (χ2n) is 3.55. The number of hydrogen-bond acceptors (Lipinski definition) is 5. The molecule has 18 heavy (non-hydrogen) atoms. The molecule has 0 saturated carbocycles. The van der Waals surface area contributed by atoms with E-state index in [0.29, 0.717) is 10.2 Å². The van der Waals surface area contributed by atoms with E-state index < -0.39 is 10.0 Å². The first-order valence-electron chi connectivity index (χ1n) is 4.81. The van der Waals surface area contributed by atoms with Gasteiger partial charge in [-0.1, -0.05) is 0 Å². The maximum absolute atomic E-state index is 12.0. The summed E-state index contributed by atoms with van der Waals surface area (Å²) in [5.74, 6) is 0.174. The number of nitrogens with one attached hydrogen (secondary N) is 1. The highest BCUT2D eigenvalue weighted by Crippen LogP contribution is 2.24. The lowest BCUT2D eigenvalue weighted by atomic mass is 10.4. The van der Waals surface area contributed by atoms with E-state index in [1.807, 2.05) is 0 Å². The number of nitrogens with zero attached hydrogens (tertiary/aromatic N) is 3. The standard InChI is InChI=1S/C9H10BrN5O2S/c1-15-5-7(4-13-15)18(16,17)14-9-8(10)2-6(11)3-12-9/h2-5H,11H2,1H3,(H,12,14). The fraction of sp³-hybridized carbons (Fsp3) is 0.111. The first kappa shape index (κ1) is 12.8. The summed E-state index contributed by atoms with van der Waals surface area (Å²) in [5.41, 5.74) is 5.96. The Hall–Kier alpha value is -1.61. The van der Waals surface area contributed by atoms with Gasteiger partial charge in [0.05, 0.1) is 22.6 Å². The van der Waals surface area contributed by atoms with Crippen molar-refractivity contribution in [1.29, 1.82) is 0 Å². The van der Waals surface area contributed by atoms with E-state index in [4.69, 9.17) is 5.73 Å². The molecule has 2 heterocycles. The van der Waals surface area contributed by atoms with Gasteiger partial charge in [-0.3, -0.25) is 9.40 Å². The molecule has 0 aliphatic rings. The fourth-order valence-electron chi connectivity index (χ4n) is 1.25. The number of rotatable bonds is 3. The number of nitrogen functional groups attached to an aromatic ring is 1. The van der Waals surface area contributed by atoms with E-state index in [2.05, 4.69) is 30.7 Å². The van der Waals surface area contributed by atoms with E-state index in [-0.39, 0.29) is 10.7 Å². The summed E-state index contributed by atoms with van der Waals surface area (Å²) < 4.78 is 28.2. The smallest absolute Gasteiger partial charge is 0.266 e. The van der Waals surface area contributed by atoms with Crippen molar-refractivity contribution >= 4 is 37.5 Å². The highest BCUT2D eigenvalue weighted by molar-refractivity contribution is 9.10. The lowest BCUT2D eigenvalue weighted by molar-refractivity contribution is 0.601. The van der Waals surface area contributed by atoms with Crippen LogP contribution in [0.4, 0.5) is 11.5 Å². The molecule has 0 bridgehead atoms. The van der Waals surface area contributed by atoms with E-state index in [9.17, 15) is 8.42 Å². The van der Waals surface area contributed by atoms with E-state index in [0.717, 1.165) is 0 Å². The van der Waals surface area contributed by atoms with Crippen LogP contribution in [-0.2, 0) is 17.1 Å². The Bertz CT molecular complexity index is 682. The summed E-state index contributed by atoms with van der Waals surface area (Å²) in [4.78, 5) is 3.97. The maximum Gasteiger partial charge on any atom is 0.266 e. The molecule has 0 radical (unpaired) electrons. The van der Waals surface area contributed by atoms with Crippen molar-refractivity contribution in [2.75, 3.05) is 10.5 Å². The number of aryl methyl sites for hydroxylation is 1. The van der Waals surface area contributed by atoms with Crippen molar-refractivity contribution in [3.8, 4) is 0 Å². The molecule has 2 rings (SSSR count). The van der Waals surface area contributed by atoms with Gasteiger partial charge in [0.2, 0.25) is 0 Å². The molecular formula is C9H10BrN5O2S. The highest BCUT2D eigenvalue weighted by Gasteiger charge is 2.18. The molecule has 0 unspecified atom stereocenters. The van der Waals surface area contributed by atoms with Crippen molar-refractivity contribution in [3.63, 3.8) is 0 Å². The Kier molecular flexibility index (Phi) is 3.26.